The normalized spacial score (nSPS) is 18.1. The molecule has 35 heavy (non-hydrogen) atoms. The summed E-state index contributed by atoms with van der Waals surface area (Å²) in [6.07, 6.45) is 9.05. The maximum Gasteiger partial charge on any atom is 0.287 e. The lowest BCUT2D eigenvalue weighted by Gasteiger charge is -2.35. The molecule has 1 aromatic carbocycles. The van der Waals surface area contributed by atoms with Crippen LogP contribution in [-0.2, 0) is 6.54 Å². The first-order valence-corrected chi connectivity index (χ1v) is 12.0. The number of hydrogen-bond donors (Lipinski definition) is 2. The van der Waals surface area contributed by atoms with Crippen LogP contribution in [0.1, 0.15) is 31.4 Å². The Hall–Kier alpha value is -3.56. The maximum absolute atomic E-state index is 10.9. The second-order valence-electron chi connectivity index (χ2n) is 8.98. The van der Waals surface area contributed by atoms with Gasteiger partial charge in [0.05, 0.1) is 27.5 Å². The number of aromatic nitrogens is 4. The minimum Gasteiger partial charge on any atom is -0.360 e. The molecule has 0 bridgehead atoms. The van der Waals surface area contributed by atoms with Crippen molar-refractivity contribution >= 4 is 34.1 Å². The Balaban J connectivity index is 1.26. The number of para-hydroxylation sites is 1. The van der Waals surface area contributed by atoms with E-state index >= 15 is 0 Å². The molecule has 1 aliphatic rings. The van der Waals surface area contributed by atoms with E-state index in [1.54, 1.807) is 12.3 Å². The van der Waals surface area contributed by atoms with Gasteiger partial charge in [-0.3, -0.25) is 20.0 Å². The fraction of sp³-hybridized carbons (Fsp3) is 0.320. The first-order chi connectivity index (χ1) is 17.0. The number of hydrogen-bond acceptors (Lipinski definition) is 7. The van der Waals surface area contributed by atoms with Crippen molar-refractivity contribution in [2.45, 2.75) is 44.3 Å². The zero-order chi connectivity index (χ0) is 24.4. The minimum absolute atomic E-state index is 0.00769. The highest BCUT2D eigenvalue weighted by Gasteiger charge is 2.26. The molecule has 1 saturated carbocycles. The van der Waals surface area contributed by atoms with Gasteiger partial charge >= 0.3 is 0 Å². The third-order valence-electron chi connectivity index (χ3n) is 6.62. The highest BCUT2D eigenvalue weighted by atomic mass is 35.5. The number of benzene rings is 1. The van der Waals surface area contributed by atoms with Gasteiger partial charge in [0.15, 0.2) is 0 Å². The topological polar surface area (TPSA) is 113 Å². The van der Waals surface area contributed by atoms with E-state index in [0.717, 1.165) is 47.8 Å². The Morgan fingerprint density at radius 2 is 2.06 bits per heavy atom. The molecular formula is C25H26ClN7O2. The van der Waals surface area contributed by atoms with Gasteiger partial charge in [-0.1, -0.05) is 29.8 Å². The van der Waals surface area contributed by atoms with Crippen molar-refractivity contribution in [3.05, 3.63) is 75.8 Å². The molecule has 9 nitrogen and oxygen atoms in total. The van der Waals surface area contributed by atoms with E-state index in [0.29, 0.717) is 29.3 Å². The van der Waals surface area contributed by atoms with Crippen LogP contribution in [0, 0.1) is 10.1 Å². The average molecular weight is 492 g/mol. The van der Waals surface area contributed by atoms with Gasteiger partial charge in [0.2, 0.25) is 5.95 Å². The van der Waals surface area contributed by atoms with Gasteiger partial charge in [0.1, 0.15) is 6.20 Å². The quantitative estimate of drug-likeness (QED) is 0.261. The van der Waals surface area contributed by atoms with Crippen molar-refractivity contribution in [2.75, 3.05) is 12.4 Å². The van der Waals surface area contributed by atoms with Gasteiger partial charge in [-0.15, -0.1) is 0 Å². The zero-order valence-corrected chi connectivity index (χ0v) is 20.1. The average Bonchev–Trinajstić information content (AvgIpc) is 3.30. The van der Waals surface area contributed by atoms with Crippen LogP contribution in [0.15, 0.2) is 55.0 Å². The Kier molecular flexibility index (Phi) is 6.61. The Morgan fingerprint density at radius 1 is 1.20 bits per heavy atom. The standard InChI is InChI=1S/C25H26ClN7O2/c1-32(15-17-9-10-19(12-27-17)33(34)35)18-6-4-5-16(11-18)30-25-29-14-22(26)24(31-25)21-13-28-23-8-3-2-7-20(21)23/h2-3,7-10,12-14,16,18,28H,4-6,11,15H2,1H3,(H,29,30,31)/t16-,18+/m1/s1. The van der Waals surface area contributed by atoms with E-state index in [9.17, 15) is 10.1 Å². The third-order valence-corrected chi connectivity index (χ3v) is 6.90. The molecule has 1 fully saturated rings. The molecule has 2 atom stereocenters. The monoisotopic (exact) mass is 491 g/mol. The number of fused-ring (bicyclic) bond motifs is 1. The molecule has 0 radical (unpaired) electrons. The first kappa shape index (κ1) is 23.2. The molecule has 2 N–H and O–H groups in total. The van der Waals surface area contributed by atoms with Gasteiger partial charge in [0.25, 0.3) is 5.69 Å². The number of H-pyrrole nitrogens is 1. The van der Waals surface area contributed by atoms with Gasteiger partial charge in [-0.05, 0) is 44.9 Å². The molecule has 5 rings (SSSR count). The third kappa shape index (κ3) is 5.11. The van der Waals surface area contributed by atoms with Gasteiger partial charge < -0.3 is 10.3 Å². The Morgan fingerprint density at radius 3 is 2.86 bits per heavy atom. The largest absolute Gasteiger partial charge is 0.360 e. The van der Waals surface area contributed by atoms with Crippen molar-refractivity contribution in [1.82, 2.24) is 24.8 Å². The van der Waals surface area contributed by atoms with Crippen LogP contribution in [0.4, 0.5) is 11.6 Å². The molecule has 0 amide bonds. The molecular weight excluding hydrogens is 466 g/mol. The van der Waals surface area contributed by atoms with E-state index in [1.165, 1.54) is 12.3 Å². The summed E-state index contributed by atoms with van der Waals surface area (Å²) in [6, 6.07) is 11.9. The van der Waals surface area contributed by atoms with Crippen LogP contribution < -0.4 is 5.32 Å². The second kappa shape index (κ2) is 9.97. The molecule has 4 aromatic rings. The number of pyridine rings is 1. The summed E-state index contributed by atoms with van der Waals surface area (Å²) < 4.78 is 0. The Labute approximate surface area is 207 Å². The van der Waals surface area contributed by atoms with Crippen molar-refractivity contribution in [2.24, 2.45) is 0 Å². The molecule has 180 valence electrons. The molecule has 10 heteroatoms. The van der Waals surface area contributed by atoms with E-state index < -0.39 is 4.92 Å². The van der Waals surface area contributed by atoms with Crippen LogP contribution in [-0.4, -0.2) is 48.9 Å². The summed E-state index contributed by atoms with van der Waals surface area (Å²) >= 11 is 6.48. The summed E-state index contributed by atoms with van der Waals surface area (Å²) in [5.41, 5.74) is 3.52. The SMILES string of the molecule is CN(Cc1ccc([N+](=O)[O-])cn1)[C@H]1CCC[C@@H](Nc2ncc(Cl)c(-c3c[nH]c4ccccc34)n2)C1. The number of anilines is 1. The highest BCUT2D eigenvalue weighted by molar-refractivity contribution is 6.33. The van der Waals surface area contributed by atoms with Gasteiger partial charge in [0, 0.05) is 47.4 Å². The van der Waals surface area contributed by atoms with Crippen LogP contribution in [0.5, 0.6) is 0 Å². The zero-order valence-electron chi connectivity index (χ0n) is 19.3. The van der Waals surface area contributed by atoms with Gasteiger partial charge in [-0.25, -0.2) is 9.97 Å². The lowest BCUT2D eigenvalue weighted by atomic mass is 9.90. The summed E-state index contributed by atoms with van der Waals surface area (Å²) in [4.78, 5) is 29.4. The fourth-order valence-corrected chi connectivity index (χ4v) is 4.97. The summed E-state index contributed by atoms with van der Waals surface area (Å²) in [6.45, 7) is 0.636. The number of nitrogens with one attached hydrogen (secondary N) is 2. The molecule has 3 aromatic heterocycles. The van der Waals surface area contributed by atoms with E-state index in [4.69, 9.17) is 16.6 Å². The van der Waals surface area contributed by atoms with Gasteiger partial charge in [-0.2, -0.15) is 0 Å². The van der Waals surface area contributed by atoms with E-state index in [2.05, 4.69) is 32.2 Å². The Bertz CT molecular complexity index is 1340. The smallest absolute Gasteiger partial charge is 0.287 e. The van der Waals surface area contributed by atoms with Crippen LogP contribution >= 0.6 is 11.6 Å². The molecule has 0 spiro atoms. The molecule has 1 aliphatic carbocycles. The number of aromatic amines is 1. The van der Waals surface area contributed by atoms with Crippen LogP contribution in [0.3, 0.4) is 0 Å². The lowest BCUT2D eigenvalue weighted by Crippen LogP contribution is -2.40. The van der Waals surface area contributed by atoms with E-state index in [1.807, 2.05) is 30.5 Å². The van der Waals surface area contributed by atoms with Crippen LogP contribution in [0.25, 0.3) is 22.2 Å². The highest BCUT2D eigenvalue weighted by Crippen LogP contribution is 2.33. The van der Waals surface area contributed by atoms with Crippen molar-refractivity contribution in [3.8, 4) is 11.3 Å². The molecule has 3 heterocycles. The molecule has 0 aliphatic heterocycles. The number of halogens is 1. The number of nitrogens with zero attached hydrogens (tertiary/aromatic N) is 5. The van der Waals surface area contributed by atoms with Crippen molar-refractivity contribution in [1.29, 1.82) is 0 Å². The fourth-order valence-electron chi connectivity index (χ4n) is 4.77. The second-order valence-corrected chi connectivity index (χ2v) is 9.39. The molecule has 0 saturated heterocycles. The lowest BCUT2D eigenvalue weighted by molar-refractivity contribution is -0.385. The number of nitro groups is 1. The summed E-state index contributed by atoms with van der Waals surface area (Å²) in [5.74, 6) is 0.569. The minimum atomic E-state index is -0.430. The number of rotatable bonds is 7. The summed E-state index contributed by atoms with van der Waals surface area (Å²) in [7, 11) is 2.07. The predicted octanol–water partition coefficient (Wildman–Crippen LogP) is 5.44. The van der Waals surface area contributed by atoms with E-state index in [-0.39, 0.29) is 11.7 Å². The molecule has 0 unspecified atom stereocenters. The predicted molar refractivity (Wildman–Crippen MR) is 136 cm³/mol. The van der Waals surface area contributed by atoms with Crippen LogP contribution in [0.2, 0.25) is 5.02 Å². The summed E-state index contributed by atoms with van der Waals surface area (Å²) in [5, 5.41) is 16.0. The van der Waals surface area contributed by atoms with Crippen molar-refractivity contribution < 1.29 is 4.92 Å². The maximum atomic E-state index is 10.9. The van der Waals surface area contributed by atoms with Crippen molar-refractivity contribution in [3.63, 3.8) is 0 Å². The first-order valence-electron chi connectivity index (χ1n) is 11.6.